The Balaban J connectivity index is 2.33. The van der Waals surface area contributed by atoms with Crippen molar-refractivity contribution in [3.63, 3.8) is 0 Å². The van der Waals surface area contributed by atoms with E-state index in [1.807, 2.05) is 6.92 Å². The molecule has 0 saturated heterocycles. The highest BCUT2D eigenvalue weighted by Gasteiger charge is 2.06. The third-order valence-electron chi connectivity index (χ3n) is 2.30. The Hall–Kier alpha value is -1.69. The standard InChI is InChI=1S/C12H12BrFN4/c1-2-11-17-10(15)6-12(18-11)16-9-5-7(13)3-4-8(9)14/h3-6H,2H2,1H3,(H3,15,16,17,18). The molecule has 4 nitrogen and oxygen atoms in total. The lowest BCUT2D eigenvalue weighted by Gasteiger charge is -2.09. The average molecular weight is 311 g/mol. The van der Waals surface area contributed by atoms with Crippen molar-refractivity contribution in [2.24, 2.45) is 0 Å². The van der Waals surface area contributed by atoms with Crippen molar-refractivity contribution in [2.45, 2.75) is 13.3 Å². The summed E-state index contributed by atoms with van der Waals surface area (Å²) in [6.45, 7) is 1.93. The molecule has 0 aliphatic rings. The minimum Gasteiger partial charge on any atom is -0.384 e. The van der Waals surface area contributed by atoms with Crippen molar-refractivity contribution >= 4 is 33.3 Å². The predicted molar refractivity (Wildman–Crippen MR) is 73.2 cm³/mol. The lowest BCUT2D eigenvalue weighted by molar-refractivity contribution is 0.631. The summed E-state index contributed by atoms with van der Waals surface area (Å²) in [6, 6.07) is 6.21. The first-order valence-electron chi connectivity index (χ1n) is 5.44. The number of nitrogens with two attached hydrogens (primary N) is 1. The van der Waals surface area contributed by atoms with Gasteiger partial charge in [0.05, 0.1) is 5.69 Å². The molecule has 0 aliphatic heterocycles. The maximum atomic E-state index is 13.6. The number of anilines is 3. The summed E-state index contributed by atoms with van der Waals surface area (Å²) in [7, 11) is 0. The smallest absolute Gasteiger partial charge is 0.146 e. The maximum absolute atomic E-state index is 13.6. The fraction of sp³-hybridized carbons (Fsp3) is 0.167. The van der Waals surface area contributed by atoms with E-state index in [4.69, 9.17) is 5.73 Å². The molecule has 1 aromatic carbocycles. The maximum Gasteiger partial charge on any atom is 0.146 e. The molecule has 2 aromatic rings. The van der Waals surface area contributed by atoms with Crippen molar-refractivity contribution in [1.82, 2.24) is 9.97 Å². The Morgan fingerprint density at radius 1 is 1.33 bits per heavy atom. The van der Waals surface area contributed by atoms with Gasteiger partial charge in [0.2, 0.25) is 0 Å². The van der Waals surface area contributed by atoms with Gasteiger partial charge in [0, 0.05) is 17.0 Å². The fourth-order valence-electron chi connectivity index (χ4n) is 1.47. The van der Waals surface area contributed by atoms with Gasteiger partial charge in [-0.25, -0.2) is 14.4 Å². The zero-order valence-corrected chi connectivity index (χ0v) is 11.3. The molecule has 0 amide bonds. The number of nitrogen functional groups attached to an aromatic ring is 1. The predicted octanol–water partition coefficient (Wildman–Crippen LogP) is 3.27. The summed E-state index contributed by atoms with van der Waals surface area (Å²) in [6.07, 6.45) is 0.667. The highest BCUT2D eigenvalue weighted by Crippen LogP contribution is 2.23. The number of nitrogens with one attached hydrogen (secondary N) is 1. The van der Waals surface area contributed by atoms with Gasteiger partial charge in [-0.1, -0.05) is 22.9 Å². The highest BCUT2D eigenvalue weighted by molar-refractivity contribution is 9.10. The molecule has 3 N–H and O–H groups in total. The van der Waals surface area contributed by atoms with Crippen LogP contribution in [0.1, 0.15) is 12.7 Å². The van der Waals surface area contributed by atoms with Gasteiger partial charge in [-0.05, 0) is 18.2 Å². The molecule has 0 spiro atoms. The van der Waals surface area contributed by atoms with Gasteiger partial charge in [0.25, 0.3) is 0 Å². The van der Waals surface area contributed by atoms with Gasteiger partial charge in [-0.15, -0.1) is 0 Å². The number of aromatic nitrogens is 2. The Morgan fingerprint density at radius 3 is 2.83 bits per heavy atom. The SMILES string of the molecule is CCc1nc(N)cc(Nc2cc(Br)ccc2F)n1. The molecule has 1 heterocycles. The largest absolute Gasteiger partial charge is 0.384 e. The summed E-state index contributed by atoms with van der Waals surface area (Å²) in [5.74, 6) is 1.11. The number of halogens is 2. The second-order valence-corrected chi connectivity index (χ2v) is 4.61. The molecule has 0 atom stereocenters. The zero-order valence-electron chi connectivity index (χ0n) is 9.74. The van der Waals surface area contributed by atoms with Crippen LogP contribution in [0.15, 0.2) is 28.7 Å². The molecule has 6 heteroatoms. The topological polar surface area (TPSA) is 63.8 Å². The Morgan fingerprint density at radius 2 is 2.11 bits per heavy atom. The van der Waals surface area contributed by atoms with Gasteiger partial charge in [-0.3, -0.25) is 0 Å². The molecule has 0 bridgehead atoms. The van der Waals surface area contributed by atoms with Gasteiger partial charge < -0.3 is 11.1 Å². The normalized spacial score (nSPS) is 10.4. The summed E-state index contributed by atoms with van der Waals surface area (Å²) in [5.41, 5.74) is 6.00. The first kappa shape index (κ1) is 12.8. The van der Waals surface area contributed by atoms with Crippen LogP contribution in [-0.2, 0) is 6.42 Å². The Bertz CT molecular complexity index is 574. The number of hydrogen-bond acceptors (Lipinski definition) is 4. The number of nitrogens with zero attached hydrogens (tertiary/aromatic N) is 2. The monoisotopic (exact) mass is 310 g/mol. The second kappa shape index (κ2) is 5.30. The number of rotatable bonds is 3. The molecule has 2 rings (SSSR count). The second-order valence-electron chi connectivity index (χ2n) is 3.70. The van der Waals surface area contributed by atoms with Crippen molar-refractivity contribution in [3.8, 4) is 0 Å². The lowest BCUT2D eigenvalue weighted by Crippen LogP contribution is -2.03. The fourth-order valence-corrected chi connectivity index (χ4v) is 1.83. The third-order valence-corrected chi connectivity index (χ3v) is 2.79. The molecule has 1 aromatic heterocycles. The van der Waals surface area contributed by atoms with E-state index in [0.29, 0.717) is 29.6 Å². The van der Waals surface area contributed by atoms with E-state index in [-0.39, 0.29) is 5.82 Å². The number of hydrogen-bond donors (Lipinski definition) is 2. The van der Waals surface area contributed by atoms with Crippen LogP contribution in [0.5, 0.6) is 0 Å². The quantitative estimate of drug-likeness (QED) is 0.913. The molecule has 0 radical (unpaired) electrons. The van der Waals surface area contributed by atoms with Gasteiger partial charge in [0.15, 0.2) is 0 Å². The van der Waals surface area contributed by atoms with Gasteiger partial charge in [0.1, 0.15) is 23.3 Å². The van der Waals surface area contributed by atoms with Crippen LogP contribution in [0, 0.1) is 5.82 Å². The van der Waals surface area contributed by atoms with Gasteiger partial charge >= 0.3 is 0 Å². The molecule has 0 saturated carbocycles. The van der Waals surface area contributed by atoms with E-state index >= 15 is 0 Å². The molecule has 18 heavy (non-hydrogen) atoms. The van der Waals surface area contributed by atoms with Crippen LogP contribution in [0.25, 0.3) is 0 Å². The minimum atomic E-state index is -0.353. The zero-order chi connectivity index (χ0) is 13.1. The van der Waals surface area contributed by atoms with Crippen molar-refractivity contribution in [3.05, 3.63) is 40.4 Å². The summed E-state index contributed by atoms with van der Waals surface area (Å²) < 4.78 is 14.4. The van der Waals surface area contributed by atoms with Crippen LogP contribution < -0.4 is 11.1 Å². The summed E-state index contributed by atoms with van der Waals surface area (Å²) in [5, 5.41) is 2.89. The van der Waals surface area contributed by atoms with Crippen molar-refractivity contribution in [1.29, 1.82) is 0 Å². The lowest BCUT2D eigenvalue weighted by atomic mass is 10.3. The Labute approximate surface area is 113 Å². The van der Waals surface area contributed by atoms with E-state index < -0.39 is 0 Å². The van der Waals surface area contributed by atoms with E-state index in [1.54, 1.807) is 18.2 Å². The molecular weight excluding hydrogens is 299 g/mol. The van der Waals surface area contributed by atoms with E-state index in [0.717, 1.165) is 4.47 Å². The van der Waals surface area contributed by atoms with Crippen LogP contribution in [-0.4, -0.2) is 9.97 Å². The van der Waals surface area contributed by atoms with Crippen molar-refractivity contribution in [2.75, 3.05) is 11.1 Å². The van der Waals surface area contributed by atoms with Crippen LogP contribution in [0.2, 0.25) is 0 Å². The van der Waals surface area contributed by atoms with E-state index in [2.05, 4.69) is 31.2 Å². The van der Waals surface area contributed by atoms with Crippen LogP contribution >= 0.6 is 15.9 Å². The average Bonchev–Trinajstić information content (AvgIpc) is 2.33. The number of aryl methyl sites for hydroxylation is 1. The molecule has 0 unspecified atom stereocenters. The number of benzene rings is 1. The van der Waals surface area contributed by atoms with E-state index in [1.165, 1.54) is 6.07 Å². The summed E-state index contributed by atoms with van der Waals surface area (Å²) >= 11 is 3.29. The molecular formula is C12H12BrFN4. The first-order chi connectivity index (χ1) is 8.58. The highest BCUT2D eigenvalue weighted by atomic mass is 79.9. The molecule has 0 aliphatic carbocycles. The molecule has 94 valence electrons. The Kier molecular flexibility index (Phi) is 3.76. The van der Waals surface area contributed by atoms with Crippen LogP contribution in [0.4, 0.5) is 21.7 Å². The minimum absolute atomic E-state index is 0.338. The summed E-state index contributed by atoms with van der Waals surface area (Å²) in [4.78, 5) is 8.29. The van der Waals surface area contributed by atoms with E-state index in [9.17, 15) is 4.39 Å². The molecule has 0 fully saturated rings. The first-order valence-corrected chi connectivity index (χ1v) is 6.23. The van der Waals surface area contributed by atoms with Crippen LogP contribution in [0.3, 0.4) is 0 Å². The third kappa shape index (κ3) is 2.95. The van der Waals surface area contributed by atoms with Gasteiger partial charge in [-0.2, -0.15) is 0 Å². The van der Waals surface area contributed by atoms with Crippen molar-refractivity contribution < 1.29 is 4.39 Å².